The summed E-state index contributed by atoms with van der Waals surface area (Å²) in [6.07, 6.45) is 2.25. The lowest BCUT2D eigenvalue weighted by Gasteiger charge is -2.17. The molecule has 0 bridgehead atoms. The largest absolute Gasteiger partial charge is 0.337 e. The number of fused-ring (bicyclic) bond motifs is 1. The van der Waals surface area contributed by atoms with Crippen molar-refractivity contribution in [3.8, 4) is 5.69 Å². The lowest BCUT2D eigenvalue weighted by atomic mass is 10.0. The van der Waals surface area contributed by atoms with Crippen LogP contribution in [0.15, 0.2) is 101 Å². The maximum atomic E-state index is 13.8. The molecule has 1 unspecified atom stereocenters. The summed E-state index contributed by atoms with van der Waals surface area (Å²) in [6.45, 7) is 6.59. The van der Waals surface area contributed by atoms with Crippen molar-refractivity contribution in [1.29, 1.82) is 0 Å². The zero-order valence-corrected chi connectivity index (χ0v) is 20.8. The third kappa shape index (κ3) is 4.31. The molecule has 0 N–H and O–H groups in total. The van der Waals surface area contributed by atoms with Crippen LogP contribution >= 0.6 is 0 Å². The molecule has 0 aliphatic carbocycles. The molecule has 0 fully saturated rings. The maximum absolute atomic E-state index is 13.8. The molecule has 0 aliphatic heterocycles. The number of aryl methyl sites for hydroxylation is 1. The first kappa shape index (κ1) is 23.5. The molecular weight excluding hydrogens is 448 g/mol. The number of benzene rings is 3. The van der Waals surface area contributed by atoms with Gasteiger partial charge in [-0.25, -0.2) is 14.3 Å². The van der Waals surface area contributed by atoms with E-state index < -0.39 is 0 Å². The van der Waals surface area contributed by atoms with E-state index in [-0.39, 0.29) is 23.8 Å². The van der Waals surface area contributed by atoms with Crippen LogP contribution in [0.4, 0.5) is 0 Å². The van der Waals surface area contributed by atoms with Gasteiger partial charge in [0.2, 0.25) is 0 Å². The van der Waals surface area contributed by atoms with Crippen LogP contribution in [-0.2, 0) is 13.0 Å². The Balaban J connectivity index is 1.71. The highest BCUT2D eigenvalue weighted by molar-refractivity contribution is 5.73. The normalized spacial score (nSPS) is 12.3. The van der Waals surface area contributed by atoms with Crippen LogP contribution in [0.25, 0.3) is 16.9 Å². The fourth-order valence-electron chi connectivity index (χ4n) is 4.66. The summed E-state index contributed by atoms with van der Waals surface area (Å²) >= 11 is 0. The lowest BCUT2D eigenvalue weighted by molar-refractivity contribution is 0.606. The highest BCUT2D eigenvalue weighted by atomic mass is 16.2. The van der Waals surface area contributed by atoms with Gasteiger partial charge >= 0.3 is 5.69 Å². The van der Waals surface area contributed by atoms with Crippen LogP contribution in [0, 0.1) is 0 Å². The summed E-state index contributed by atoms with van der Waals surface area (Å²) in [7, 11) is 0. The second kappa shape index (κ2) is 9.82. The van der Waals surface area contributed by atoms with Gasteiger partial charge in [-0.05, 0) is 48.1 Å². The molecule has 0 saturated carbocycles. The molecule has 6 heteroatoms. The van der Waals surface area contributed by atoms with E-state index in [1.165, 1.54) is 10.1 Å². The second-order valence-corrected chi connectivity index (χ2v) is 9.47. The van der Waals surface area contributed by atoms with Gasteiger partial charge in [-0.3, -0.25) is 9.36 Å². The molecule has 0 saturated heterocycles. The number of hydrogen-bond donors (Lipinski definition) is 0. The fraction of sp³-hybridized carbons (Fsp3) is 0.233. The molecular formula is C30H30N4O2. The average Bonchev–Trinajstić information content (AvgIpc) is 3.34. The first-order chi connectivity index (χ1) is 17.5. The van der Waals surface area contributed by atoms with E-state index in [9.17, 15) is 9.59 Å². The molecule has 2 heterocycles. The van der Waals surface area contributed by atoms with Gasteiger partial charge in [0.05, 0.1) is 18.1 Å². The minimum absolute atomic E-state index is 0.124. The van der Waals surface area contributed by atoms with Crippen molar-refractivity contribution in [2.45, 2.75) is 45.7 Å². The van der Waals surface area contributed by atoms with Crippen molar-refractivity contribution in [3.05, 3.63) is 129 Å². The Hall–Kier alpha value is -4.19. The van der Waals surface area contributed by atoms with Crippen LogP contribution in [0.1, 0.15) is 49.4 Å². The molecule has 0 aliphatic rings. The SMILES string of the molecule is CC(C)c1ccc(-n2c(=O)n(CCc3ccccc3)c(=O)c3c2ncn3C(C)c2ccccc2)cc1. The summed E-state index contributed by atoms with van der Waals surface area (Å²) in [5, 5.41) is 0. The van der Waals surface area contributed by atoms with Crippen LogP contribution in [0.5, 0.6) is 0 Å². The Morgan fingerprint density at radius 3 is 2.06 bits per heavy atom. The number of nitrogens with zero attached hydrogens (tertiary/aromatic N) is 4. The molecule has 3 aromatic carbocycles. The third-order valence-corrected chi connectivity index (χ3v) is 6.84. The lowest BCUT2D eigenvalue weighted by Crippen LogP contribution is -2.40. The Bertz CT molecular complexity index is 1600. The number of hydrogen-bond acceptors (Lipinski definition) is 3. The van der Waals surface area contributed by atoms with Gasteiger partial charge < -0.3 is 4.57 Å². The monoisotopic (exact) mass is 478 g/mol. The average molecular weight is 479 g/mol. The topological polar surface area (TPSA) is 61.8 Å². The molecule has 5 rings (SSSR count). The first-order valence-corrected chi connectivity index (χ1v) is 12.4. The minimum Gasteiger partial charge on any atom is -0.317 e. The van der Waals surface area contributed by atoms with Crippen LogP contribution < -0.4 is 11.2 Å². The van der Waals surface area contributed by atoms with E-state index in [2.05, 4.69) is 18.8 Å². The molecule has 6 nitrogen and oxygen atoms in total. The highest BCUT2D eigenvalue weighted by Gasteiger charge is 2.22. The van der Waals surface area contributed by atoms with Crippen molar-refractivity contribution in [3.63, 3.8) is 0 Å². The maximum Gasteiger partial charge on any atom is 0.337 e. The zero-order valence-electron chi connectivity index (χ0n) is 20.8. The predicted octanol–water partition coefficient (Wildman–Crippen LogP) is 5.32. The number of rotatable bonds is 7. The predicted molar refractivity (Wildman–Crippen MR) is 144 cm³/mol. The van der Waals surface area contributed by atoms with Gasteiger partial charge in [0, 0.05) is 6.54 Å². The molecule has 0 spiro atoms. The Kier molecular flexibility index (Phi) is 6.42. The Morgan fingerprint density at radius 2 is 1.42 bits per heavy atom. The van der Waals surface area contributed by atoms with Crippen molar-refractivity contribution < 1.29 is 0 Å². The fourth-order valence-corrected chi connectivity index (χ4v) is 4.66. The number of aromatic nitrogens is 4. The minimum atomic E-state index is -0.377. The van der Waals surface area contributed by atoms with Gasteiger partial charge in [0.25, 0.3) is 5.56 Å². The van der Waals surface area contributed by atoms with E-state index in [0.29, 0.717) is 29.2 Å². The summed E-state index contributed by atoms with van der Waals surface area (Å²) in [5.74, 6) is 0.376. The van der Waals surface area contributed by atoms with Crippen LogP contribution in [0.3, 0.4) is 0 Å². The van der Waals surface area contributed by atoms with E-state index in [1.807, 2.05) is 96.4 Å². The van der Waals surface area contributed by atoms with Gasteiger partial charge in [-0.2, -0.15) is 0 Å². The summed E-state index contributed by atoms with van der Waals surface area (Å²) in [4.78, 5) is 32.2. The molecule has 2 aromatic heterocycles. The standard InChI is InChI=1S/C30H30N4O2/c1-21(2)24-14-16-26(17-15-24)34-28-27(33(20-31-28)22(3)25-12-8-5-9-13-25)29(35)32(30(34)36)19-18-23-10-6-4-7-11-23/h4-17,20-22H,18-19H2,1-3H3. The molecule has 36 heavy (non-hydrogen) atoms. The van der Waals surface area contributed by atoms with Gasteiger partial charge in [-0.1, -0.05) is 86.6 Å². The quantitative estimate of drug-likeness (QED) is 0.318. The molecule has 5 aromatic rings. The number of imidazole rings is 1. The third-order valence-electron chi connectivity index (χ3n) is 6.84. The zero-order chi connectivity index (χ0) is 25.2. The molecule has 182 valence electrons. The van der Waals surface area contributed by atoms with Crippen LogP contribution in [0.2, 0.25) is 0 Å². The van der Waals surface area contributed by atoms with E-state index in [0.717, 1.165) is 11.1 Å². The van der Waals surface area contributed by atoms with Crippen molar-refractivity contribution in [2.75, 3.05) is 0 Å². The Morgan fingerprint density at radius 1 is 0.778 bits per heavy atom. The smallest absolute Gasteiger partial charge is 0.317 e. The second-order valence-electron chi connectivity index (χ2n) is 9.47. The van der Waals surface area contributed by atoms with Gasteiger partial charge in [0.1, 0.15) is 0 Å². The van der Waals surface area contributed by atoms with E-state index >= 15 is 0 Å². The molecule has 0 amide bonds. The first-order valence-electron chi connectivity index (χ1n) is 12.4. The highest BCUT2D eigenvalue weighted by Crippen LogP contribution is 2.23. The van der Waals surface area contributed by atoms with Gasteiger partial charge in [0.15, 0.2) is 11.2 Å². The van der Waals surface area contributed by atoms with Crippen molar-refractivity contribution >= 4 is 11.2 Å². The summed E-state index contributed by atoms with van der Waals surface area (Å²) < 4.78 is 4.80. The summed E-state index contributed by atoms with van der Waals surface area (Å²) in [6, 6.07) is 27.7. The van der Waals surface area contributed by atoms with Crippen molar-refractivity contribution in [2.24, 2.45) is 0 Å². The summed E-state index contributed by atoms with van der Waals surface area (Å²) in [5.41, 5.74) is 4.12. The van der Waals surface area contributed by atoms with E-state index in [4.69, 9.17) is 0 Å². The van der Waals surface area contributed by atoms with Crippen LogP contribution in [-0.4, -0.2) is 18.7 Å². The molecule has 1 atom stereocenters. The molecule has 0 radical (unpaired) electrons. The van der Waals surface area contributed by atoms with Crippen molar-refractivity contribution in [1.82, 2.24) is 18.7 Å². The Labute approximate surface area is 210 Å². The van der Waals surface area contributed by atoms with Gasteiger partial charge in [-0.15, -0.1) is 0 Å². The van der Waals surface area contributed by atoms with E-state index in [1.54, 1.807) is 10.9 Å².